The van der Waals surface area contributed by atoms with Gasteiger partial charge in [-0.25, -0.2) is 14.8 Å². The third-order valence-corrected chi connectivity index (χ3v) is 4.52. The molecule has 0 aliphatic carbocycles. The van der Waals surface area contributed by atoms with E-state index in [0.717, 1.165) is 5.56 Å². The van der Waals surface area contributed by atoms with Crippen molar-refractivity contribution >= 4 is 40.0 Å². The van der Waals surface area contributed by atoms with E-state index in [1.807, 2.05) is 6.92 Å². The Morgan fingerprint density at radius 1 is 1.36 bits per heavy atom. The first-order valence-corrected chi connectivity index (χ1v) is 8.37. The zero-order chi connectivity index (χ0) is 15.9. The highest BCUT2D eigenvalue weighted by molar-refractivity contribution is 7.99. The molecular formula is C14H15N3O3S2. The second kappa shape index (κ2) is 7.90. The molecule has 0 aromatic carbocycles. The van der Waals surface area contributed by atoms with Crippen LogP contribution in [-0.2, 0) is 9.53 Å². The first kappa shape index (κ1) is 16.4. The summed E-state index contributed by atoms with van der Waals surface area (Å²) in [7, 11) is 0. The van der Waals surface area contributed by atoms with E-state index in [-0.39, 0.29) is 17.6 Å². The largest absolute Gasteiger partial charge is 0.462 e. The fourth-order valence-corrected chi connectivity index (χ4v) is 3.19. The Bertz CT molecular complexity index is 659. The standard InChI is InChI=1S/C14H15N3O3S2/c1-3-20-13(19)12-9(2)7-11(22-12)17-10(18)8-21-14-15-5-4-6-16-14/h4-7H,3,8H2,1-2H3,(H,17,18). The number of aromatic nitrogens is 2. The molecule has 8 heteroatoms. The van der Waals surface area contributed by atoms with Gasteiger partial charge in [0.1, 0.15) is 4.88 Å². The molecule has 2 heterocycles. The van der Waals surface area contributed by atoms with Gasteiger partial charge in [-0.15, -0.1) is 11.3 Å². The fraction of sp³-hybridized carbons (Fsp3) is 0.286. The number of carbonyl (C=O) groups excluding carboxylic acids is 2. The number of rotatable bonds is 6. The Kier molecular flexibility index (Phi) is 5.91. The summed E-state index contributed by atoms with van der Waals surface area (Å²) in [6, 6.07) is 3.48. The van der Waals surface area contributed by atoms with Gasteiger partial charge in [-0.1, -0.05) is 11.8 Å². The van der Waals surface area contributed by atoms with Gasteiger partial charge in [0, 0.05) is 12.4 Å². The van der Waals surface area contributed by atoms with Gasteiger partial charge in [0.15, 0.2) is 5.16 Å². The zero-order valence-corrected chi connectivity index (χ0v) is 13.8. The lowest BCUT2D eigenvalue weighted by Gasteiger charge is -2.01. The van der Waals surface area contributed by atoms with Crippen LogP contribution in [0.2, 0.25) is 0 Å². The molecule has 2 aromatic rings. The van der Waals surface area contributed by atoms with E-state index in [1.165, 1.54) is 23.1 Å². The molecule has 0 bridgehead atoms. The van der Waals surface area contributed by atoms with Gasteiger partial charge < -0.3 is 10.1 Å². The number of hydrogen-bond acceptors (Lipinski definition) is 7. The average molecular weight is 337 g/mol. The molecule has 0 aliphatic heterocycles. The van der Waals surface area contributed by atoms with E-state index < -0.39 is 0 Å². The molecule has 2 aromatic heterocycles. The highest BCUT2D eigenvalue weighted by atomic mass is 32.2. The number of thiophene rings is 1. The molecule has 2 rings (SSSR count). The summed E-state index contributed by atoms with van der Waals surface area (Å²) in [6.45, 7) is 3.89. The van der Waals surface area contributed by atoms with Crippen molar-refractivity contribution in [1.82, 2.24) is 9.97 Å². The molecule has 1 amide bonds. The number of anilines is 1. The van der Waals surface area contributed by atoms with Crippen LogP contribution < -0.4 is 5.32 Å². The highest BCUT2D eigenvalue weighted by Crippen LogP contribution is 2.27. The van der Waals surface area contributed by atoms with Crippen LogP contribution in [0.5, 0.6) is 0 Å². The predicted octanol–water partition coefficient (Wildman–Crippen LogP) is 2.75. The van der Waals surface area contributed by atoms with Gasteiger partial charge in [-0.05, 0) is 31.5 Å². The lowest BCUT2D eigenvalue weighted by Crippen LogP contribution is -2.13. The molecule has 0 unspecified atom stereocenters. The van der Waals surface area contributed by atoms with Crippen molar-refractivity contribution in [3.8, 4) is 0 Å². The van der Waals surface area contributed by atoms with E-state index in [2.05, 4.69) is 15.3 Å². The van der Waals surface area contributed by atoms with E-state index >= 15 is 0 Å². The van der Waals surface area contributed by atoms with Crippen LogP contribution >= 0.6 is 23.1 Å². The van der Waals surface area contributed by atoms with Crippen molar-refractivity contribution in [2.24, 2.45) is 0 Å². The summed E-state index contributed by atoms with van der Waals surface area (Å²) in [5, 5.41) is 3.94. The molecule has 22 heavy (non-hydrogen) atoms. The summed E-state index contributed by atoms with van der Waals surface area (Å²) >= 11 is 2.46. The first-order valence-electron chi connectivity index (χ1n) is 6.57. The number of thioether (sulfide) groups is 1. The van der Waals surface area contributed by atoms with Crippen molar-refractivity contribution in [3.05, 3.63) is 35.0 Å². The second-order valence-electron chi connectivity index (χ2n) is 4.21. The number of nitrogens with one attached hydrogen (secondary N) is 1. The number of nitrogens with zero attached hydrogens (tertiary/aromatic N) is 2. The predicted molar refractivity (Wildman–Crippen MR) is 86.4 cm³/mol. The Labute approximate surface area is 136 Å². The van der Waals surface area contributed by atoms with Gasteiger partial charge in [0.2, 0.25) is 5.91 Å². The SMILES string of the molecule is CCOC(=O)c1sc(NC(=O)CSc2ncccn2)cc1C. The van der Waals surface area contributed by atoms with Crippen LogP contribution in [0, 0.1) is 6.92 Å². The Hall–Kier alpha value is -1.93. The van der Waals surface area contributed by atoms with Crippen molar-refractivity contribution in [3.63, 3.8) is 0 Å². The van der Waals surface area contributed by atoms with E-state index in [1.54, 1.807) is 31.5 Å². The Balaban J connectivity index is 1.92. The molecular weight excluding hydrogens is 322 g/mol. The molecule has 0 saturated carbocycles. The minimum Gasteiger partial charge on any atom is -0.462 e. The molecule has 6 nitrogen and oxygen atoms in total. The molecule has 1 N–H and O–H groups in total. The van der Waals surface area contributed by atoms with Crippen LogP contribution in [0.4, 0.5) is 5.00 Å². The first-order chi connectivity index (χ1) is 10.6. The third kappa shape index (κ3) is 4.54. The summed E-state index contributed by atoms with van der Waals surface area (Å²) in [5.74, 6) is -0.331. The van der Waals surface area contributed by atoms with Gasteiger partial charge in [-0.2, -0.15) is 0 Å². The zero-order valence-electron chi connectivity index (χ0n) is 12.2. The van der Waals surface area contributed by atoms with E-state index in [0.29, 0.717) is 21.6 Å². The van der Waals surface area contributed by atoms with Gasteiger partial charge >= 0.3 is 5.97 Å². The van der Waals surface area contributed by atoms with Crippen LogP contribution in [0.3, 0.4) is 0 Å². The molecule has 0 atom stereocenters. The molecule has 116 valence electrons. The summed E-state index contributed by atoms with van der Waals surface area (Å²) < 4.78 is 4.97. The van der Waals surface area contributed by atoms with Gasteiger partial charge in [0.05, 0.1) is 17.4 Å². The third-order valence-electron chi connectivity index (χ3n) is 2.52. The molecule has 0 radical (unpaired) electrons. The number of amides is 1. The highest BCUT2D eigenvalue weighted by Gasteiger charge is 2.16. The van der Waals surface area contributed by atoms with Crippen molar-refractivity contribution in [2.75, 3.05) is 17.7 Å². The van der Waals surface area contributed by atoms with E-state index in [9.17, 15) is 9.59 Å². The summed E-state index contributed by atoms with van der Waals surface area (Å²) in [6.07, 6.45) is 3.25. The fourth-order valence-electron chi connectivity index (χ4n) is 1.61. The number of hydrogen-bond donors (Lipinski definition) is 1. The van der Waals surface area contributed by atoms with Crippen molar-refractivity contribution in [2.45, 2.75) is 19.0 Å². The van der Waals surface area contributed by atoms with Crippen molar-refractivity contribution < 1.29 is 14.3 Å². The van der Waals surface area contributed by atoms with Crippen LogP contribution in [0.15, 0.2) is 29.7 Å². The maximum absolute atomic E-state index is 11.9. The maximum Gasteiger partial charge on any atom is 0.348 e. The monoisotopic (exact) mass is 337 g/mol. The average Bonchev–Trinajstić information content (AvgIpc) is 2.87. The summed E-state index contributed by atoms with van der Waals surface area (Å²) in [5.41, 5.74) is 0.790. The number of ether oxygens (including phenoxy) is 1. The number of esters is 1. The normalized spacial score (nSPS) is 10.3. The van der Waals surface area contributed by atoms with E-state index in [4.69, 9.17) is 4.74 Å². The number of carbonyl (C=O) groups is 2. The topological polar surface area (TPSA) is 81.2 Å². The van der Waals surface area contributed by atoms with Gasteiger partial charge in [-0.3, -0.25) is 4.79 Å². The van der Waals surface area contributed by atoms with Crippen molar-refractivity contribution in [1.29, 1.82) is 0 Å². The van der Waals surface area contributed by atoms with Crippen LogP contribution in [-0.4, -0.2) is 34.2 Å². The molecule has 0 saturated heterocycles. The molecule has 0 aliphatic rings. The summed E-state index contributed by atoms with van der Waals surface area (Å²) in [4.78, 5) is 32.2. The Morgan fingerprint density at radius 3 is 2.77 bits per heavy atom. The Morgan fingerprint density at radius 2 is 2.09 bits per heavy atom. The van der Waals surface area contributed by atoms with Crippen LogP contribution in [0.25, 0.3) is 0 Å². The molecule has 0 fully saturated rings. The lowest BCUT2D eigenvalue weighted by molar-refractivity contribution is -0.113. The quantitative estimate of drug-likeness (QED) is 0.496. The second-order valence-corrected chi connectivity index (χ2v) is 6.21. The minimum absolute atomic E-state index is 0.172. The minimum atomic E-state index is -0.363. The molecule has 0 spiro atoms. The van der Waals surface area contributed by atoms with Gasteiger partial charge in [0.25, 0.3) is 0 Å². The van der Waals surface area contributed by atoms with Crippen LogP contribution in [0.1, 0.15) is 22.2 Å². The lowest BCUT2D eigenvalue weighted by atomic mass is 10.3. The smallest absolute Gasteiger partial charge is 0.348 e. The maximum atomic E-state index is 11.9. The number of aryl methyl sites for hydroxylation is 1.